The van der Waals surface area contributed by atoms with E-state index in [1.165, 1.54) is 19.2 Å². The average Bonchev–Trinajstić information content (AvgIpc) is 2.23. The monoisotopic (exact) mass is 312 g/mol. The molecule has 0 heterocycles. The number of methoxy groups -OCH3 is 1. The fraction of sp³-hybridized carbons (Fsp3) is 0.455. The van der Waals surface area contributed by atoms with Crippen LogP contribution in [0, 0.1) is 0 Å². The van der Waals surface area contributed by atoms with Crippen LogP contribution in [0.4, 0.5) is 13.2 Å². The molecule has 0 radical (unpaired) electrons. The van der Waals surface area contributed by atoms with E-state index in [1.54, 1.807) is 0 Å². The second-order valence-electron chi connectivity index (χ2n) is 3.33. The van der Waals surface area contributed by atoms with Gasteiger partial charge in [0.15, 0.2) is 0 Å². The van der Waals surface area contributed by atoms with Crippen LogP contribution >= 0.6 is 15.9 Å². The maximum atomic E-state index is 12.6. The Morgan fingerprint density at radius 1 is 1.24 bits per heavy atom. The van der Waals surface area contributed by atoms with Gasteiger partial charge in [0.2, 0.25) is 0 Å². The molecular formula is C11H12BrF3O2. The zero-order valence-electron chi connectivity index (χ0n) is 9.18. The predicted molar refractivity (Wildman–Crippen MR) is 61.1 cm³/mol. The molecule has 0 aliphatic rings. The molecule has 0 aromatic heterocycles. The molecular weight excluding hydrogens is 301 g/mol. The lowest BCUT2D eigenvalue weighted by Crippen LogP contribution is -2.10. The molecule has 0 fully saturated rings. The first-order valence-corrected chi connectivity index (χ1v) is 5.73. The molecule has 0 aliphatic heterocycles. The van der Waals surface area contributed by atoms with Gasteiger partial charge in [-0.1, -0.05) is 15.9 Å². The zero-order valence-corrected chi connectivity index (χ0v) is 10.8. The lowest BCUT2D eigenvalue weighted by Gasteiger charge is -2.14. The topological polar surface area (TPSA) is 18.5 Å². The van der Waals surface area contributed by atoms with Crippen LogP contribution in [0.3, 0.4) is 0 Å². The molecule has 0 aliphatic carbocycles. The van der Waals surface area contributed by atoms with Gasteiger partial charge in [-0.25, -0.2) is 0 Å². The van der Waals surface area contributed by atoms with Gasteiger partial charge >= 0.3 is 6.18 Å². The lowest BCUT2D eigenvalue weighted by atomic mass is 10.2. The maximum Gasteiger partial charge on any atom is 0.419 e. The lowest BCUT2D eigenvalue weighted by molar-refractivity contribution is -0.139. The molecule has 0 spiro atoms. The molecule has 17 heavy (non-hydrogen) atoms. The van der Waals surface area contributed by atoms with E-state index in [9.17, 15) is 13.2 Å². The van der Waals surface area contributed by atoms with Crippen LogP contribution in [0.5, 0.6) is 5.75 Å². The summed E-state index contributed by atoms with van der Waals surface area (Å²) in [5.41, 5.74) is -0.766. The summed E-state index contributed by atoms with van der Waals surface area (Å²) in [5.74, 6) is -0.164. The summed E-state index contributed by atoms with van der Waals surface area (Å²) in [7, 11) is 1.53. The van der Waals surface area contributed by atoms with Crippen molar-refractivity contribution in [1.82, 2.24) is 0 Å². The number of rotatable bonds is 5. The first kappa shape index (κ1) is 14.3. The van der Waals surface area contributed by atoms with Crippen LogP contribution in [-0.4, -0.2) is 20.3 Å². The van der Waals surface area contributed by atoms with Gasteiger partial charge in [0, 0.05) is 24.6 Å². The van der Waals surface area contributed by atoms with Gasteiger partial charge in [-0.15, -0.1) is 0 Å². The summed E-state index contributed by atoms with van der Waals surface area (Å²) in [5, 5.41) is 0. The highest BCUT2D eigenvalue weighted by molar-refractivity contribution is 9.10. The Bertz CT molecular complexity index is 366. The Morgan fingerprint density at radius 2 is 1.94 bits per heavy atom. The molecule has 2 nitrogen and oxygen atoms in total. The molecule has 0 N–H and O–H groups in total. The van der Waals surface area contributed by atoms with Gasteiger partial charge < -0.3 is 9.47 Å². The molecule has 1 aromatic carbocycles. The first-order chi connectivity index (χ1) is 7.95. The average molecular weight is 313 g/mol. The standard InChI is InChI=1S/C11H12BrF3O2/c1-16-5-2-6-17-10-7-8(12)3-4-9(10)11(13,14)15/h3-4,7H,2,5-6H2,1H3. The van der Waals surface area contributed by atoms with E-state index >= 15 is 0 Å². The van der Waals surface area contributed by atoms with E-state index in [4.69, 9.17) is 9.47 Å². The fourth-order valence-electron chi connectivity index (χ4n) is 1.24. The number of hydrogen-bond acceptors (Lipinski definition) is 2. The van der Waals surface area contributed by atoms with Gasteiger partial charge in [-0.2, -0.15) is 13.2 Å². The van der Waals surface area contributed by atoms with Crippen LogP contribution in [-0.2, 0) is 10.9 Å². The third-order valence-electron chi connectivity index (χ3n) is 2.00. The van der Waals surface area contributed by atoms with Crippen molar-refractivity contribution >= 4 is 15.9 Å². The van der Waals surface area contributed by atoms with Crippen molar-refractivity contribution in [3.63, 3.8) is 0 Å². The number of halogens is 4. The summed E-state index contributed by atoms with van der Waals surface area (Å²) in [6, 6.07) is 3.65. The summed E-state index contributed by atoms with van der Waals surface area (Å²) >= 11 is 3.11. The minimum Gasteiger partial charge on any atom is -0.493 e. The number of benzene rings is 1. The molecule has 1 rings (SSSR count). The Morgan fingerprint density at radius 3 is 2.53 bits per heavy atom. The van der Waals surface area contributed by atoms with Crippen LogP contribution in [0.25, 0.3) is 0 Å². The van der Waals surface area contributed by atoms with Crippen molar-refractivity contribution in [2.45, 2.75) is 12.6 Å². The largest absolute Gasteiger partial charge is 0.493 e. The van der Waals surface area contributed by atoms with E-state index in [0.717, 1.165) is 6.07 Å². The zero-order chi connectivity index (χ0) is 12.9. The Balaban J connectivity index is 2.77. The normalized spacial score (nSPS) is 11.6. The van der Waals surface area contributed by atoms with E-state index in [-0.39, 0.29) is 12.4 Å². The quantitative estimate of drug-likeness (QED) is 0.768. The van der Waals surface area contributed by atoms with Gasteiger partial charge in [0.1, 0.15) is 5.75 Å². The van der Waals surface area contributed by atoms with Crippen molar-refractivity contribution in [3.05, 3.63) is 28.2 Å². The Kier molecular flexibility index (Phi) is 5.27. The van der Waals surface area contributed by atoms with Gasteiger partial charge in [0.25, 0.3) is 0 Å². The number of alkyl halides is 3. The van der Waals surface area contributed by atoms with Crippen molar-refractivity contribution in [2.75, 3.05) is 20.3 Å². The molecule has 0 saturated carbocycles. The van der Waals surface area contributed by atoms with Gasteiger partial charge in [-0.05, 0) is 18.2 Å². The molecule has 1 aromatic rings. The highest BCUT2D eigenvalue weighted by Gasteiger charge is 2.34. The Labute approximate surface area is 106 Å². The second kappa shape index (κ2) is 6.26. The van der Waals surface area contributed by atoms with Crippen LogP contribution in [0.1, 0.15) is 12.0 Å². The highest BCUT2D eigenvalue weighted by atomic mass is 79.9. The number of hydrogen-bond donors (Lipinski definition) is 0. The third kappa shape index (κ3) is 4.55. The molecule has 6 heteroatoms. The molecule has 0 unspecified atom stereocenters. The minimum atomic E-state index is -4.41. The van der Waals surface area contributed by atoms with Gasteiger partial charge in [0.05, 0.1) is 12.2 Å². The van der Waals surface area contributed by atoms with E-state index in [2.05, 4.69) is 15.9 Å². The van der Waals surface area contributed by atoms with Crippen molar-refractivity contribution in [2.24, 2.45) is 0 Å². The highest BCUT2D eigenvalue weighted by Crippen LogP contribution is 2.37. The SMILES string of the molecule is COCCCOc1cc(Br)ccc1C(F)(F)F. The van der Waals surface area contributed by atoms with Gasteiger partial charge in [-0.3, -0.25) is 0 Å². The smallest absolute Gasteiger partial charge is 0.419 e. The van der Waals surface area contributed by atoms with E-state index < -0.39 is 11.7 Å². The second-order valence-corrected chi connectivity index (χ2v) is 4.25. The molecule has 0 atom stereocenters. The Hall–Kier alpha value is -0.750. The summed E-state index contributed by atoms with van der Waals surface area (Å²) in [6.07, 6.45) is -3.86. The fourth-order valence-corrected chi connectivity index (χ4v) is 1.58. The van der Waals surface area contributed by atoms with E-state index in [0.29, 0.717) is 17.5 Å². The predicted octanol–water partition coefficient (Wildman–Crippen LogP) is 3.88. The van der Waals surface area contributed by atoms with Crippen LogP contribution in [0.15, 0.2) is 22.7 Å². The van der Waals surface area contributed by atoms with Crippen molar-refractivity contribution in [3.8, 4) is 5.75 Å². The molecule has 0 amide bonds. The summed E-state index contributed by atoms with van der Waals surface area (Å²) in [4.78, 5) is 0. The molecule has 0 bridgehead atoms. The molecule has 96 valence electrons. The first-order valence-electron chi connectivity index (χ1n) is 4.93. The van der Waals surface area contributed by atoms with Crippen LogP contribution in [0.2, 0.25) is 0 Å². The minimum absolute atomic E-state index is 0.164. The van der Waals surface area contributed by atoms with Crippen molar-refractivity contribution in [1.29, 1.82) is 0 Å². The number of ether oxygens (including phenoxy) is 2. The summed E-state index contributed by atoms with van der Waals surface area (Å²) in [6.45, 7) is 0.642. The van der Waals surface area contributed by atoms with Crippen molar-refractivity contribution < 1.29 is 22.6 Å². The van der Waals surface area contributed by atoms with E-state index in [1.807, 2.05) is 0 Å². The summed E-state index contributed by atoms with van der Waals surface area (Å²) < 4.78 is 48.4. The van der Waals surface area contributed by atoms with Crippen LogP contribution < -0.4 is 4.74 Å². The third-order valence-corrected chi connectivity index (χ3v) is 2.49. The maximum absolute atomic E-state index is 12.6. The molecule has 0 saturated heterocycles.